The van der Waals surface area contributed by atoms with Gasteiger partial charge in [-0.15, -0.1) is 0 Å². The molecule has 8 heteroatoms. The maximum Gasteiger partial charge on any atom is 0.341 e. The van der Waals surface area contributed by atoms with Crippen molar-refractivity contribution in [2.45, 2.75) is 23.2 Å². The molecule has 2 rings (SSSR count). The van der Waals surface area contributed by atoms with Crippen molar-refractivity contribution < 1.29 is 26.7 Å². The fraction of sp³-hybridized carbons (Fsp3) is 0.286. The second kappa shape index (κ2) is 6.05. The van der Waals surface area contributed by atoms with Gasteiger partial charge in [0.1, 0.15) is 11.4 Å². The molecule has 1 unspecified atom stereocenters. The number of benzene rings is 1. The van der Waals surface area contributed by atoms with Crippen LogP contribution >= 0.6 is 0 Å². The van der Waals surface area contributed by atoms with Crippen molar-refractivity contribution in [3.63, 3.8) is 0 Å². The van der Waals surface area contributed by atoms with Gasteiger partial charge in [0, 0.05) is 5.69 Å². The van der Waals surface area contributed by atoms with Crippen LogP contribution in [0.1, 0.15) is 12.7 Å². The van der Waals surface area contributed by atoms with E-state index in [1.165, 1.54) is 18.4 Å². The highest BCUT2D eigenvalue weighted by Crippen LogP contribution is 2.23. The Labute approximate surface area is 126 Å². The average Bonchev–Trinajstić information content (AvgIpc) is 3.00. The zero-order chi connectivity index (χ0) is 16.4. The molecule has 0 aliphatic heterocycles. The molecule has 0 radical (unpaired) electrons. The molecule has 22 heavy (non-hydrogen) atoms. The fourth-order valence-corrected chi connectivity index (χ4v) is 2.53. The van der Waals surface area contributed by atoms with Gasteiger partial charge in [-0.1, -0.05) is 0 Å². The Balaban J connectivity index is 2.07. The summed E-state index contributed by atoms with van der Waals surface area (Å²) in [6, 6.07) is 8.16. The number of alkyl halides is 2. The van der Waals surface area contributed by atoms with E-state index in [9.17, 15) is 22.3 Å². The van der Waals surface area contributed by atoms with E-state index in [2.05, 4.69) is 5.32 Å². The molecule has 0 saturated carbocycles. The van der Waals surface area contributed by atoms with Gasteiger partial charge in [0.05, 0.1) is 17.7 Å². The van der Waals surface area contributed by atoms with Gasteiger partial charge < -0.3 is 14.8 Å². The Kier molecular flexibility index (Phi) is 4.52. The van der Waals surface area contributed by atoms with Crippen molar-refractivity contribution in [3.05, 3.63) is 48.4 Å². The van der Waals surface area contributed by atoms with Crippen molar-refractivity contribution in [1.82, 2.24) is 0 Å². The number of rotatable bonds is 6. The number of furan rings is 1. The first kappa shape index (κ1) is 16.4. The summed E-state index contributed by atoms with van der Waals surface area (Å²) < 4.78 is 52.5. The van der Waals surface area contributed by atoms with E-state index in [0.717, 1.165) is 12.1 Å². The molecule has 0 bridgehead atoms. The number of anilines is 1. The van der Waals surface area contributed by atoms with Crippen LogP contribution in [-0.4, -0.2) is 25.8 Å². The fourth-order valence-electron chi connectivity index (χ4n) is 1.81. The maximum absolute atomic E-state index is 12.4. The van der Waals surface area contributed by atoms with Crippen LogP contribution in [0.25, 0.3) is 0 Å². The monoisotopic (exact) mass is 331 g/mol. The van der Waals surface area contributed by atoms with E-state index in [1.54, 1.807) is 19.1 Å². The molecule has 2 aromatic rings. The zero-order valence-corrected chi connectivity index (χ0v) is 12.5. The summed E-state index contributed by atoms with van der Waals surface area (Å²) in [4.78, 5) is -0.453. The molecule has 0 amide bonds. The summed E-state index contributed by atoms with van der Waals surface area (Å²) in [6.45, 7) is 1.65. The average molecular weight is 331 g/mol. The third-order valence-electron chi connectivity index (χ3n) is 3.11. The Bertz CT molecular complexity index is 710. The second-order valence-corrected chi connectivity index (χ2v) is 6.85. The molecule has 0 saturated heterocycles. The minimum absolute atomic E-state index is 0.0987. The number of aliphatic hydroxyl groups is 1. The lowest BCUT2D eigenvalue weighted by molar-refractivity contribution is 0.0476. The molecule has 0 aliphatic carbocycles. The van der Waals surface area contributed by atoms with Gasteiger partial charge in [0.15, 0.2) is 0 Å². The highest BCUT2D eigenvalue weighted by atomic mass is 32.2. The van der Waals surface area contributed by atoms with Gasteiger partial charge >= 0.3 is 5.76 Å². The summed E-state index contributed by atoms with van der Waals surface area (Å²) >= 11 is 0. The van der Waals surface area contributed by atoms with Crippen LogP contribution in [0.3, 0.4) is 0 Å². The van der Waals surface area contributed by atoms with Gasteiger partial charge in [0.2, 0.25) is 9.84 Å². The molecule has 2 N–H and O–H groups in total. The summed E-state index contributed by atoms with van der Waals surface area (Å²) in [5, 5.41) is 13.1. The van der Waals surface area contributed by atoms with Crippen molar-refractivity contribution in [1.29, 1.82) is 0 Å². The summed E-state index contributed by atoms with van der Waals surface area (Å²) in [6.07, 6.45) is 1.44. The van der Waals surface area contributed by atoms with E-state index in [1.807, 2.05) is 0 Å². The van der Waals surface area contributed by atoms with E-state index in [-0.39, 0.29) is 6.54 Å². The molecule has 0 fully saturated rings. The van der Waals surface area contributed by atoms with Crippen LogP contribution in [0, 0.1) is 0 Å². The molecule has 1 aromatic carbocycles. The number of hydrogen-bond acceptors (Lipinski definition) is 5. The molecular weight excluding hydrogens is 316 g/mol. The minimum Gasteiger partial charge on any atom is -0.466 e. The predicted octanol–water partition coefficient (Wildman–Crippen LogP) is 2.60. The maximum atomic E-state index is 12.4. The van der Waals surface area contributed by atoms with Crippen LogP contribution in [0.2, 0.25) is 0 Å². The van der Waals surface area contributed by atoms with E-state index in [0.29, 0.717) is 11.4 Å². The number of halogens is 2. The molecule has 1 aromatic heterocycles. The van der Waals surface area contributed by atoms with Gasteiger partial charge in [0.25, 0.3) is 0 Å². The van der Waals surface area contributed by atoms with Crippen LogP contribution < -0.4 is 5.32 Å². The normalized spacial score (nSPS) is 14.8. The van der Waals surface area contributed by atoms with Crippen molar-refractivity contribution >= 4 is 15.5 Å². The van der Waals surface area contributed by atoms with Crippen molar-refractivity contribution in [3.8, 4) is 0 Å². The Hall–Kier alpha value is -1.93. The Morgan fingerprint density at radius 1 is 1.27 bits per heavy atom. The molecule has 5 nitrogen and oxygen atoms in total. The standard InChI is InChI=1S/C14H15F2NO4S/c1-14(18,12-3-2-8-21-12)9-17-10-4-6-11(7-5-10)22(19,20)13(15)16/h2-8,13,17-18H,9H2,1H3. The smallest absolute Gasteiger partial charge is 0.341 e. The lowest BCUT2D eigenvalue weighted by Gasteiger charge is -2.21. The summed E-state index contributed by atoms with van der Waals surface area (Å²) in [7, 11) is -4.60. The van der Waals surface area contributed by atoms with Crippen molar-refractivity contribution in [2.75, 3.05) is 11.9 Å². The first-order valence-electron chi connectivity index (χ1n) is 6.36. The van der Waals surface area contributed by atoms with E-state index >= 15 is 0 Å². The number of sulfone groups is 1. The highest BCUT2D eigenvalue weighted by Gasteiger charge is 2.27. The first-order chi connectivity index (χ1) is 10.2. The molecule has 120 valence electrons. The predicted molar refractivity (Wildman–Crippen MR) is 76.4 cm³/mol. The molecule has 1 atom stereocenters. The van der Waals surface area contributed by atoms with Gasteiger partial charge in [-0.05, 0) is 43.3 Å². The molecule has 0 aliphatic rings. The lowest BCUT2D eigenvalue weighted by atomic mass is 10.0. The topological polar surface area (TPSA) is 79.5 Å². The zero-order valence-electron chi connectivity index (χ0n) is 11.7. The highest BCUT2D eigenvalue weighted by molar-refractivity contribution is 7.91. The SMILES string of the molecule is CC(O)(CNc1ccc(S(=O)(=O)C(F)F)cc1)c1ccco1. The Morgan fingerprint density at radius 2 is 1.91 bits per heavy atom. The summed E-state index contributed by atoms with van der Waals surface area (Å²) in [5.74, 6) is -3.08. The Morgan fingerprint density at radius 3 is 2.41 bits per heavy atom. The van der Waals surface area contributed by atoms with E-state index < -0.39 is 26.1 Å². The molecule has 1 heterocycles. The van der Waals surface area contributed by atoms with Crippen LogP contribution in [0.5, 0.6) is 0 Å². The minimum atomic E-state index is -4.60. The van der Waals surface area contributed by atoms with Gasteiger partial charge in [-0.3, -0.25) is 0 Å². The van der Waals surface area contributed by atoms with Crippen LogP contribution in [0.4, 0.5) is 14.5 Å². The van der Waals surface area contributed by atoms with Crippen molar-refractivity contribution in [2.24, 2.45) is 0 Å². The largest absolute Gasteiger partial charge is 0.466 e. The second-order valence-electron chi connectivity index (χ2n) is 4.93. The van der Waals surface area contributed by atoms with Crippen LogP contribution in [-0.2, 0) is 15.4 Å². The van der Waals surface area contributed by atoms with Crippen LogP contribution in [0.15, 0.2) is 52.0 Å². The van der Waals surface area contributed by atoms with E-state index in [4.69, 9.17) is 4.42 Å². The first-order valence-corrected chi connectivity index (χ1v) is 7.90. The third kappa shape index (κ3) is 3.45. The quantitative estimate of drug-likeness (QED) is 0.850. The molecular formula is C14H15F2NO4S. The van der Waals surface area contributed by atoms with Gasteiger partial charge in [-0.2, -0.15) is 8.78 Å². The number of nitrogens with one attached hydrogen (secondary N) is 1. The summed E-state index contributed by atoms with van der Waals surface area (Å²) in [5.41, 5.74) is -0.780. The molecule has 0 spiro atoms. The third-order valence-corrected chi connectivity index (χ3v) is 4.50. The number of hydrogen-bond donors (Lipinski definition) is 2. The lowest BCUT2D eigenvalue weighted by Crippen LogP contribution is -2.30. The van der Waals surface area contributed by atoms with Gasteiger partial charge in [-0.25, -0.2) is 8.42 Å².